The summed E-state index contributed by atoms with van der Waals surface area (Å²) in [5.41, 5.74) is 2.32. The summed E-state index contributed by atoms with van der Waals surface area (Å²) in [5, 5.41) is 4.70. The number of halogens is 1. The van der Waals surface area contributed by atoms with Gasteiger partial charge in [0.25, 0.3) is 0 Å². The maximum atomic E-state index is 5.87. The summed E-state index contributed by atoms with van der Waals surface area (Å²) < 4.78 is 6.94. The third-order valence-corrected chi connectivity index (χ3v) is 3.45. The van der Waals surface area contributed by atoms with E-state index in [2.05, 4.69) is 40.3 Å². The molecule has 0 radical (unpaired) electrons. The number of benzene rings is 1. The minimum atomic E-state index is 0.515. The van der Waals surface area contributed by atoms with E-state index in [0.717, 1.165) is 28.8 Å². The van der Waals surface area contributed by atoms with E-state index in [-0.39, 0.29) is 0 Å². The predicted octanol–water partition coefficient (Wildman–Crippen LogP) is 3.23. The van der Waals surface area contributed by atoms with Crippen molar-refractivity contribution in [1.82, 2.24) is 5.32 Å². The van der Waals surface area contributed by atoms with Gasteiger partial charge in [-0.25, -0.2) is 0 Å². The lowest BCUT2D eigenvalue weighted by molar-refractivity contribution is 0.439. The van der Waals surface area contributed by atoms with E-state index < -0.39 is 0 Å². The minimum Gasteiger partial charge on any atom is -0.461 e. The molecule has 1 aliphatic heterocycles. The molecule has 3 rings (SSSR count). The van der Waals surface area contributed by atoms with Crippen LogP contribution in [0.1, 0.15) is 18.2 Å². The number of rotatable bonds is 0. The van der Waals surface area contributed by atoms with E-state index in [1.54, 1.807) is 0 Å². The molecule has 15 heavy (non-hydrogen) atoms. The van der Waals surface area contributed by atoms with Crippen molar-refractivity contribution >= 4 is 26.9 Å². The number of furan rings is 1. The van der Waals surface area contributed by atoms with Crippen molar-refractivity contribution in [2.24, 2.45) is 0 Å². The van der Waals surface area contributed by atoms with Crippen LogP contribution in [0.2, 0.25) is 0 Å². The van der Waals surface area contributed by atoms with Crippen LogP contribution in [0.4, 0.5) is 0 Å². The summed E-state index contributed by atoms with van der Waals surface area (Å²) >= 11 is 3.46. The summed E-state index contributed by atoms with van der Waals surface area (Å²) in [5.74, 6) is 1.15. The smallest absolute Gasteiger partial charge is 0.135 e. The molecule has 1 N–H and O–H groups in total. The Balaban J connectivity index is 2.23. The Morgan fingerprint density at radius 2 is 2.33 bits per heavy atom. The van der Waals surface area contributed by atoms with Gasteiger partial charge >= 0.3 is 0 Å². The number of hydrogen-bond acceptors (Lipinski definition) is 2. The summed E-state index contributed by atoms with van der Waals surface area (Å²) in [6.07, 6.45) is 0.988. The van der Waals surface area contributed by atoms with Crippen LogP contribution in [-0.4, -0.2) is 6.04 Å². The average Bonchev–Trinajstić information content (AvgIpc) is 2.53. The average molecular weight is 266 g/mol. The topological polar surface area (TPSA) is 25.2 Å². The first-order valence-corrected chi connectivity index (χ1v) is 5.96. The molecule has 78 valence electrons. The summed E-state index contributed by atoms with van der Waals surface area (Å²) in [6.45, 7) is 3.11. The van der Waals surface area contributed by atoms with Crippen LogP contribution in [0, 0.1) is 0 Å². The van der Waals surface area contributed by atoms with Crippen molar-refractivity contribution in [2.75, 3.05) is 0 Å². The molecule has 1 aromatic heterocycles. The quantitative estimate of drug-likeness (QED) is 0.792. The van der Waals surface area contributed by atoms with Crippen molar-refractivity contribution in [3.8, 4) is 0 Å². The third-order valence-electron chi connectivity index (χ3n) is 2.96. The molecule has 0 unspecified atom stereocenters. The fourth-order valence-electron chi connectivity index (χ4n) is 2.16. The van der Waals surface area contributed by atoms with Crippen molar-refractivity contribution in [1.29, 1.82) is 0 Å². The highest BCUT2D eigenvalue weighted by atomic mass is 79.9. The normalized spacial score (nSPS) is 20.5. The first-order chi connectivity index (χ1) is 7.24. The first-order valence-electron chi connectivity index (χ1n) is 5.17. The minimum absolute atomic E-state index is 0.515. The zero-order chi connectivity index (χ0) is 10.4. The molecule has 3 heteroatoms. The van der Waals surface area contributed by atoms with E-state index in [4.69, 9.17) is 4.42 Å². The molecule has 1 aromatic carbocycles. The first kappa shape index (κ1) is 9.43. The van der Waals surface area contributed by atoms with E-state index in [0.29, 0.717) is 6.04 Å². The Kier molecular flexibility index (Phi) is 2.11. The molecule has 0 spiro atoms. The second-order valence-corrected chi connectivity index (χ2v) is 5.05. The van der Waals surface area contributed by atoms with Gasteiger partial charge in [0.15, 0.2) is 0 Å². The summed E-state index contributed by atoms with van der Waals surface area (Å²) in [6, 6.07) is 6.75. The van der Waals surface area contributed by atoms with Gasteiger partial charge in [-0.1, -0.05) is 15.9 Å². The van der Waals surface area contributed by atoms with Gasteiger partial charge in [0.1, 0.15) is 11.3 Å². The van der Waals surface area contributed by atoms with Gasteiger partial charge in [0, 0.05) is 34.4 Å². The molecule has 0 aliphatic carbocycles. The fourth-order valence-corrected chi connectivity index (χ4v) is 2.50. The van der Waals surface area contributed by atoms with E-state index in [1.807, 2.05) is 6.07 Å². The van der Waals surface area contributed by atoms with Gasteiger partial charge in [0.05, 0.1) is 0 Å². The highest BCUT2D eigenvalue weighted by molar-refractivity contribution is 9.10. The Labute approximate surface area is 96.8 Å². The van der Waals surface area contributed by atoms with Gasteiger partial charge in [-0.2, -0.15) is 0 Å². The number of hydrogen-bond donors (Lipinski definition) is 1. The second kappa shape index (κ2) is 3.35. The van der Waals surface area contributed by atoms with Crippen LogP contribution in [0.25, 0.3) is 11.0 Å². The van der Waals surface area contributed by atoms with Crippen LogP contribution in [0.15, 0.2) is 27.1 Å². The Morgan fingerprint density at radius 1 is 1.47 bits per heavy atom. The van der Waals surface area contributed by atoms with E-state index in [1.165, 1.54) is 10.9 Å². The van der Waals surface area contributed by atoms with Crippen molar-refractivity contribution in [3.05, 3.63) is 34.0 Å². The number of nitrogens with one attached hydrogen (secondary N) is 1. The SMILES string of the molecule is C[C@@H]1Cc2oc3cc(Br)ccc3c2CN1. The molecule has 2 heterocycles. The summed E-state index contributed by atoms with van der Waals surface area (Å²) in [4.78, 5) is 0. The monoisotopic (exact) mass is 265 g/mol. The van der Waals surface area contributed by atoms with Crippen LogP contribution >= 0.6 is 15.9 Å². The molecule has 0 amide bonds. The van der Waals surface area contributed by atoms with Crippen molar-refractivity contribution in [3.63, 3.8) is 0 Å². The second-order valence-electron chi connectivity index (χ2n) is 4.13. The Bertz CT molecular complexity index is 518. The molecule has 0 fully saturated rings. The predicted molar refractivity (Wildman–Crippen MR) is 63.9 cm³/mol. The lowest BCUT2D eigenvalue weighted by Gasteiger charge is -2.18. The maximum Gasteiger partial charge on any atom is 0.135 e. The van der Waals surface area contributed by atoms with Crippen LogP contribution in [-0.2, 0) is 13.0 Å². The van der Waals surface area contributed by atoms with Crippen molar-refractivity contribution < 1.29 is 4.42 Å². The van der Waals surface area contributed by atoms with E-state index in [9.17, 15) is 0 Å². The largest absolute Gasteiger partial charge is 0.461 e. The Morgan fingerprint density at radius 3 is 3.20 bits per heavy atom. The Hall–Kier alpha value is -0.800. The van der Waals surface area contributed by atoms with Crippen molar-refractivity contribution in [2.45, 2.75) is 25.9 Å². The molecular formula is C12H12BrNO. The van der Waals surface area contributed by atoms with Crippen LogP contribution < -0.4 is 5.32 Å². The molecule has 0 saturated heterocycles. The molecule has 0 saturated carbocycles. The maximum absolute atomic E-state index is 5.87. The lowest BCUT2D eigenvalue weighted by atomic mass is 10.0. The molecular weight excluding hydrogens is 254 g/mol. The van der Waals surface area contributed by atoms with Crippen LogP contribution in [0.5, 0.6) is 0 Å². The third kappa shape index (κ3) is 1.50. The molecule has 1 aliphatic rings. The summed E-state index contributed by atoms with van der Waals surface area (Å²) in [7, 11) is 0. The molecule has 2 nitrogen and oxygen atoms in total. The standard InChI is InChI=1S/C12H12BrNO/c1-7-4-11-10(6-14-7)9-3-2-8(13)5-12(9)15-11/h2-3,5,7,14H,4,6H2,1H3/t7-/m1/s1. The fraction of sp³-hybridized carbons (Fsp3) is 0.333. The van der Waals surface area contributed by atoms with Gasteiger partial charge in [0.2, 0.25) is 0 Å². The van der Waals surface area contributed by atoms with E-state index >= 15 is 0 Å². The molecule has 2 aromatic rings. The van der Waals surface area contributed by atoms with Gasteiger partial charge < -0.3 is 9.73 Å². The zero-order valence-electron chi connectivity index (χ0n) is 8.51. The van der Waals surface area contributed by atoms with Crippen LogP contribution in [0.3, 0.4) is 0 Å². The molecule has 0 bridgehead atoms. The highest BCUT2D eigenvalue weighted by Gasteiger charge is 2.20. The number of fused-ring (bicyclic) bond motifs is 3. The lowest BCUT2D eigenvalue weighted by Crippen LogP contribution is -2.32. The van der Waals surface area contributed by atoms with Gasteiger partial charge in [-0.15, -0.1) is 0 Å². The van der Waals surface area contributed by atoms with Gasteiger partial charge in [-0.05, 0) is 25.1 Å². The molecule has 1 atom stereocenters. The van der Waals surface area contributed by atoms with Gasteiger partial charge in [-0.3, -0.25) is 0 Å². The highest BCUT2D eigenvalue weighted by Crippen LogP contribution is 2.31. The zero-order valence-corrected chi connectivity index (χ0v) is 10.1.